The van der Waals surface area contributed by atoms with Gasteiger partial charge < -0.3 is 15.0 Å². The van der Waals surface area contributed by atoms with Gasteiger partial charge in [0.2, 0.25) is 0 Å². The van der Waals surface area contributed by atoms with Crippen molar-refractivity contribution >= 4 is 0 Å². The Morgan fingerprint density at radius 2 is 1.86 bits per heavy atom. The quantitative estimate of drug-likeness (QED) is 0.815. The Morgan fingerprint density at radius 1 is 1.14 bits per heavy atom. The fourth-order valence-corrected chi connectivity index (χ4v) is 4.48. The van der Waals surface area contributed by atoms with Crippen LogP contribution in [0.1, 0.15) is 52.9 Å². The Kier molecular flexibility index (Phi) is 6.51. The minimum atomic E-state index is 0.443. The fraction of sp³-hybridized carbons (Fsp3) is 1.00. The van der Waals surface area contributed by atoms with Crippen LogP contribution in [0.25, 0.3) is 0 Å². The van der Waals surface area contributed by atoms with E-state index >= 15 is 0 Å². The maximum absolute atomic E-state index is 5.48. The van der Waals surface area contributed by atoms with E-state index in [0.29, 0.717) is 11.5 Å². The maximum Gasteiger partial charge on any atom is 0.0469 e. The largest absolute Gasteiger partial charge is 0.381 e. The van der Waals surface area contributed by atoms with Crippen molar-refractivity contribution in [1.82, 2.24) is 10.2 Å². The molecule has 21 heavy (non-hydrogen) atoms. The molecule has 3 heteroatoms. The van der Waals surface area contributed by atoms with Gasteiger partial charge in [-0.25, -0.2) is 0 Å². The maximum atomic E-state index is 5.48. The molecule has 0 aromatic rings. The van der Waals surface area contributed by atoms with Crippen LogP contribution >= 0.6 is 0 Å². The van der Waals surface area contributed by atoms with Crippen molar-refractivity contribution in [2.24, 2.45) is 17.3 Å². The van der Waals surface area contributed by atoms with Gasteiger partial charge in [0.15, 0.2) is 0 Å². The molecule has 2 aliphatic rings. The van der Waals surface area contributed by atoms with Crippen LogP contribution in [0.4, 0.5) is 0 Å². The van der Waals surface area contributed by atoms with E-state index in [4.69, 9.17) is 4.74 Å². The molecule has 0 amide bonds. The molecule has 0 aromatic carbocycles. The number of nitrogens with zero attached hydrogens (tertiary/aromatic N) is 1. The minimum absolute atomic E-state index is 0.443. The predicted octanol–water partition coefficient (Wildman–Crippen LogP) is 3.15. The summed E-state index contributed by atoms with van der Waals surface area (Å²) in [6.07, 6.45) is 6.64. The van der Waals surface area contributed by atoms with Gasteiger partial charge in [-0.3, -0.25) is 0 Å². The van der Waals surface area contributed by atoms with E-state index in [1.165, 1.54) is 45.2 Å². The van der Waals surface area contributed by atoms with Crippen LogP contribution in [0.2, 0.25) is 0 Å². The number of rotatable bonds is 6. The lowest BCUT2D eigenvalue weighted by Crippen LogP contribution is -2.52. The monoisotopic (exact) mass is 296 g/mol. The Labute approximate surface area is 131 Å². The molecule has 2 unspecified atom stereocenters. The highest BCUT2D eigenvalue weighted by Crippen LogP contribution is 2.39. The number of hydrogen-bond donors (Lipinski definition) is 1. The van der Waals surface area contributed by atoms with Crippen molar-refractivity contribution in [3.05, 3.63) is 0 Å². The second-order valence-electron chi connectivity index (χ2n) is 7.95. The Balaban J connectivity index is 1.86. The van der Waals surface area contributed by atoms with Crippen LogP contribution in [0.15, 0.2) is 0 Å². The summed E-state index contributed by atoms with van der Waals surface area (Å²) < 4.78 is 5.48. The van der Waals surface area contributed by atoms with Crippen LogP contribution < -0.4 is 5.32 Å². The molecule has 2 fully saturated rings. The third-order valence-electron chi connectivity index (χ3n) is 5.59. The molecule has 1 saturated heterocycles. The lowest BCUT2D eigenvalue weighted by Gasteiger charge is -2.46. The highest BCUT2D eigenvalue weighted by Gasteiger charge is 2.38. The van der Waals surface area contributed by atoms with E-state index in [1.807, 2.05) is 0 Å². The van der Waals surface area contributed by atoms with E-state index in [-0.39, 0.29) is 0 Å². The van der Waals surface area contributed by atoms with Crippen molar-refractivity contribution in [2.45, 2.75) is 58.9 Å². The van der Waals surface area contributed by atoms with Crippen LogP contribution in [0.3, 0.4) is 0 Å². The summed E-state index contributed by atoms with van der Waals surface area (Å²) in [5, 5.41) is 3.79. The second-order valence-corrected chi connectivity index (χ2v) is 7.95. The van der Waals surface area contributed by atoms with E-state index in [1.54, 1.807) is 0 Å². The zero-order chi connectivity index (χ0) is 15.3. The number of nitrogens with one attached hydrogen (secondary N) is 1. The standard InChI is InChI=1S/C18H36N2O/c1-5-19-17-16(7-6-10-18(17,2)3)14-20(4)13-15-8-11-21-12-9-15/h15-17,19H,5-14H2,1-4H3. The average Bonchev–Trinajstić information content (AvgIpc) is 2.43. The predicted molar refractivity (Wildman–Crippen MR) is 89.6 cm³/mol. The molecule has 2 atom stereocenters. The first kappa shape index (κ1) is 17.2. The van der Waals surface area contributed by atoms with Gasteiger partial charge in [-0.15, -0.1) is 0 Å². The topological polar surface area (TPSA) is 24.5 Å². The normalized spacial score (nSPS) is 30.7. The molecule has 1 saturated carbocycles. The molecule has 0 aromatic heterocycles. The summed E-state index contributed by atoms with van der Waals surface area (Å²) in [7, 11) is 2.32. The van der Waals surface area contributed by atoms with Gasteiger partial charge in [0.05, 0.1) is 0 Å². The first-order valence-electron chi connectivity index (χ1n) is 9.02. The number of hydrogen-bond acceptors (Lipinski definition) is 3. The van der Waals surface area contributed by atoms with Crippen molar-refractivity contribution < 1.29 is 4.74 Å². The second kappa shape index (κ2) is 7.94. The van der Waals surface area contributed by atoms with Crippen LogP contribution in [-0.2, 0) is 4.74 Å². The van der Waals surface area contributed by atoms with Gasteiger partial charge in [-0.05, 0) is 56.5 Å². The van der Waals surface area contributed by atoms with E-state index in [9.17, 15) is 0 Å². The van der Waals surface area contributed by atoms with Gasteiger partial charge in [0.25, 0.3) is 0 Å². The lowest BCUT2D eigenvalue weighted by molar-refractivity contribution is 0.0449. The molecular formula is C18H36N2O. The van der Waals surface area contributed by atoms with E-state index in [2.05, 4.69) is 38.0 Å². The molecule has 0 radical (unpaired) electrons. The third kappa shape index (κ3) is 4.94. The summed E-state index contributed by atoms with van der Waals surface area (Å²) in [6, 6.07) is 0.674. The zero-order valence-corrected chi connectivity index (χ0v) is 14.7. The molecule has 124 valence electrons. The molecular weight excluding hydrogens is 260 g/mol. The Bertz CT molecular complexity index is 300. The lowest BCUT2D eigenvalue weighted by atomic mass is 9.67. The third-order valence-corrected chi connectivity index (χ3v) is 5.59. The van der Waals surface area contributed by atoms with Gasteiger partial charge in [-0.2, -0.15) is 0 Å². The van der Waals surface area contributed by atoms with Crippen LogP contribution in [0, 0.1) is 17.3 Å². The molecule has 1 N–H and O–H groups in total. The highest BCUT2D eigenvalue weighted by molar-refractivity contribution is 4.94. The average molecular weight is 296 g/mol. The van der Waals surface area contributed by atoms with Crippen molar-refractivity contribution in [1.29, 1.82) is 0 Å². The first-order chi connectivity index (χ1) is 10.0. The zero-order valence-electron chi connectivity index (χ0n) is 14.7. The van der Waals surface area contributed by atoms with Gasteiger partial charge in [-0.1, -0.05) is 27.2 Å². The van der Waals surface area contributed by atoms with Gasteiger partial charge in [0, 0.05) is 32.3 Å². The molecule has 2 rings (SSSR count). The minimum Gasteiger partial charge on any atom is -0.381 e. The first-order valence-corrected chi connectivity index (χ1v) is 9.02. The highest BCUT2D eigenvalue weighted by atomic mass is 16.5. The summed E-state index contributed by atoms with van der Waals surface area (Å²) in [6.45, 7) is 12.7. The molecule has 3 nitrogen and oxygen atoms in total. The van der Waals surface area contributed by atoms with Gasteiger partial charge >= 0.3 is 0 Å². The SMILES string of the molecule is CCNC1C(CN(C)CC2CCOCC2)CCCC1(C)C. The Hall–Kier alpha value is -0.120. The van der Waals surface area contributed by atoms with E-state index in [0.717, 1.165) is 31.6 Å². The molecule has 1 heterocycles. The van der Waals surface area contributed by atoms with Crippen LogP contribution in [0.5, 0.6) is 0 Å². The summed E-state index contributed by atoms with van der Waals surface area (Å²) in [5.74, 6) is 1.65. The Morgan fingerprint density at radius 3 is 2.52 bits per heavy atom. The van der Waals surface area contributed by atoms with Crippen LogP contribution in [-0.4, -0.2) is 50.8 Å². The summed E-state index contributed by atoms with van der Waals surface area (Å²) in [4.78, 5) is 2.59. The molecule has 0 bridgehead atoms. The smallest absolute Gasteiger partial charge is 0.0469 e. The molecule has 0 spiro atoms. The summed E-state index contributed by atoms with van der Waals surface area (Å²) in [5.41, 5.74) is 0.443. The summed E-state index contributed by atoms with van der Waals surface area (Å²) >= 11 is 0. The number of ether oxygens (including phenoxy) is 1. The molecule has 1 aliphatic heterocycles. The van der Waals surface area contributed by atoms with Crippen molar-refractivity contribution in [2.75, 3.05) is 39.9 Å². The fourth-order valence-electron chi connectivity index (χ4n) is 4.48. The van der Waals surface area contributed by atoms with E-state index < -0.39 is 0 Å². The molecule has 1 aliphatic carbocycles. The van der Waals surface area contributed by atoms with Crippen molar-refractivity contribution in [3.63, 3.8) is 0 Å². The van der Waals surface area contributed by atoms with Gasteiger partial charge in [0.1, 0.15) is 0 Å². The van der Waals surface area contributed by atoms with Crippen molar-refractivity contribution in [3.8, 4) is 0 Å².